The summed E-state index contributed by atoms with van der Waals surface area (Å²) in [6.07, 6.45) is 6.36. The molecular formula is C27H30N8O3. The maximum Gasteiger partial charge on any atom is 0.321 e. The van der Waals surface area contributed by atoms with Crippen molar-refractivity contribution in [1.29, 1.82) is 0 Å². The Morgan fingerprint density at radius 3 is 2.37 bits per heavy atom. The van der Waals surface area contributed by atoms with Crippen molar-refractivity contribution >= 4 is 40.1 Å². The Labute approximate surface area is 220 Å². The first kappa shape index (κ1) is 26.3. The molecule has 196 valence electrons. The van der Waals surface area contributed by atoms with Crippen LogP contribution >= 0.6 is 0 Å². The zero-order chi connectivity index (χ0) is 27.2. The predicted molar refractivity (Wildman–Crippen MR) is 146 cm³/mol. The van der Waals surface area contributed by atoms with Gasteiger partial charge in [-0.2, -0.15) is 5.10 Å². The van der Waals surface area contributed by atoms with E-state index in [1.165, 1.54) is 11.1 Å². The number of nitrogens with zero attached hydrogens (tertiary/aromatic N) is 4. The number of aromatic amines is 1. The number of carbonyl (C=O) groups is 3. The number of urea groups is 1. The van der Waals surface area contributed by atoms with Crippen LogP contribution in [0.5, 0.6) is 0 Å². The molecule has 3 aromatic heterocycles. The number of pyridine rings is 2. The second-order valence-electron chi connectivity index (χ2n) is 8.99. The standard InChI is InChI=1S/C27H30N8O3/c1-5-18(6-2)30-25(36)23-10-8-19(15-29-23)31-26(37)24-21-12-16(7-9-22(21)33-34-24)17-11-20(14-28-13-17)32-27(38)35(3)4/h7-15,18H,5-6H2,1-4H3,(H,30,36)(H,31,37)(H,32,38)(H,33,34). The molecule has 0 aliphatic carbocycles. The van der Waals surface area contributed by atoms with Gasteiger partial charge in [0.15, 0.2) is 5.69 Å². The third-order valence-electron chi connectivity index (χ3n) is 6.08. The monoisotopic (exact) mass is 514 g/mol. The van der Waals surface area contributed by atoms with E-state index in [-0.39, 0.29) is 29.4 Å². The average molecular weight is 515 g/mol. The highest BCUT2D eigenvalue weighted by atomic mass is 16.2. The van der Waals surface area contributed by atoms with Crippen molar-refractivity contribution in [3.05, 3.63) is 66.4 Å². The second-order valence-corrected chi connectivity index (χ2v) is 8.99. The lowest BCUT2D eigenvalue weighted by Gasteiger charge is -2.14. The van der Waals surface area contributed by atoms with Gasteiger partial charge in [-0.1, -0.05) is 19.9 Å². The van der Waals surface area contributed by atoms with Crippen molar-refractivity contribution < 1.29 is 14.4 Å². The van der Waals surface area contributed by atoms with Gasteiger partial charge in [0.05, 0.1) is 29.3 Å². The van der Waals surface area contributed by atoms with Crippen LogP contribution in [0.25, 0.3) is 22.0 Å². The highest BCUT2D eigenvalue weighted by Gasteiger charge is 2.17. The summed E-state index contributed by atoms with van der Waals surface area (Å²) in [5.74, 6) is -0.670. The number of aromatic nitrogens is 4. The smallest absolute Gasteiger partial charge is 0.321 e. The molecular weight excluding hydrogens is 484 g/mol. The summed E-state index contributed by atoms with van der Waals surface area (Å²) in [7, 11) is 3.31. The van der Waals surface area contributed by atoms with Gasteiger partial charge >= 0.3 is 6.03 Å². The predicted octanol–water partition coefficient (Wildman–Crippen LogP) is 4.28. The average Bonchev–Trinajstić information content (AvgIpc) is 3.35. The Hall–Kier alpha value is -4.80. The zero-order valence-corrected chi connectivity index (χ0v) is 21.7. The molecule has 0 unspecified atom stereocenters. The van der Waals surface area contributed by atoms with Gasteiger partial charge in [0.25, 0.3) is 11.8 Å². The number of carbonyl (C=O) groups excluding carboxylic acids is 3. The van der Waals surface area contributed by atoms with Gasteiger partial charge in [0.2, 0.25) is 0 Å². The van der Waals surface area contributed by atoms with E-state index in [2.05, 4.69) is 36.1 Å². The third-order valence-corrected chi connectivity index (χ3v) is 6.08. The lowest BCUT2D eigenvalue weighted by molar-refractivity contribution is 0.0929. The van der Waals surface area contributed by atoms with Gasteiger partial charge in [-0.25, -0.2) is 9.78 Å². The molecule has 4 rings (SSSR count). The summed E-state index contributed by atoms with van der Waals surface area (Å²) in [6.45, 7) is 4.03. The normalized spacial score (nSPS) is 10.9. The van der Waals surface area contributed by atoms with Crippen LogP contribution in [0.1, 0.15) is 47.7 Å². The molecule has 0 aliphatic rings. The molecule has 0 bridgehead atoms. The van der Waals surface area contributed by atoms with Crippen LogP contribution in [0.2, 0.25) is 0 Å². The highest BCUT2D eigenvalue weighted by Crippen LogP contribution is 2.27. The van der Waals surface area contributed by atoms with Crippen molar-refractivity contribution in [2.45, 2.75) is 32.7 Å². The van der Waals surface area contributed by atoms with E-state index in [0.717, 1.165) is 24.0 Å². The number of rotatable bonds is 8. The fourth-order valence-corrected chi connectivity index (χ4v) is 3.81. The lowest BCUT2D eigenvalue weighted by Crippen LogP contribution is -2.34. The number of amides is 4. The van der Waals surface area contributed by atoms with Crippen LogP contribution < -0.4 is 16.0 Å². The molecule has 0 fully saturated rings. The third kappa shape index (κ3) is 5.94. The maximum absolute atomic E-state index is 13.1. The molecule has 1 aromatic carbocycles. The Morgan fingerprint density at radius 1 is 0.895 bits per heavy atom. The maximum atomic E-state index is 13.1. The second kappa shape index (κ2) is 11.5. The fraction of sp³-hybridized carbons (Fsp3) is 0.259. The molecule has 0 radical (unpaired) electrons. The number of fused-ring (bicyclic) bond motifs is 1. The molecule has 0 atom stereocenters. The number of nitrogens with one attached hydrogen (secondary N) is 4. The van der Waals surface area contributed by atoms with Crippen LogP contribution in [0.15, 0.2) is 55.0 Å². The van der Waals surface area contributed by atoms with Gasteiger partial charge in [0.1, 0.15) is 5.69 Å². The summed E-state index contributed by atoms with van der Waals surface area (Å²) >= 11 is 0. The minimum atomic E-state index is -0.422. The number of benzene rings is 1. The molecule has 38 heavy (non-hydrogen) atoms. The van der Waals surface area contributed by atoms with Gasteiger partial charge in [-0.05, 0) is 48.7 Å². The molecule has 0 saturated carbocycles. The molecule has 0 spiro atoms. The Kier molecular flexibility index (Phi) is 7.95. The van der Waals surface area contributed by atoms with Crippen LogP contribution in [0.4, 0.5) is 16.2 Å². The van der Waals surface area contributed by atoms with Gasteiger partial charge in [-0.3, -0.25) is 19.7 Å². The van der Waals surface area contributed by atoms with Crippen molar-refractivity contribution in [2.24, 2.45) is 0 Å². The van der Waals surface area contributed by atoms with Crippen molar-refractivity contribution in [1.82, 2.24) is 30.4 Å². The van der Waals surface area contributed by atoms with Gasteiger partial charge in [0, 0.05) is 37.3 Å². The van der Waals surface area contributed by atoms with Gasteiger partial charge < -0.3 is 20.9 Å². The molecule has 0 saturated heterocycles. The van der Waals surface area contributed by atoms with E-state index in [1.807, 2.05) is 38.1 Å². The fourth-order valence-electron chi connectivity index (χ4n) is 3.81. The number of anilines is 2. The summed E-state index contributed by atoms with van der Waals surface area (Å²) in [5.41, 5.74) is 3.74. The Balaban J connectivity index is 1.51. The molecule has 11 heteroatoms. The van der Waals surface area contributed by atoms with E-state index in [9.17, 15) is 14.4 Å². The number of hydrogen-bond donors (Lipinski definition) is 4. The Bertz CT molecular complexity index is 1460. The Morgan fingerprint density at radius 2 is 1.68 bits per heavy atom. The minimum absolute atomic E-state index is 0.0940. The minimum Gasteiger partial charge on any atom is -0.348 e. The summed E-state index contributed by atoms with van der Waals surface area (Å²) in [5, 5.41) is 16.2. The quantitative estimate of drug-likeness (QED) is 0.276. The summed E-state index contributed by atoms with van der Waals surface area (Å²) in [6, 6.07) is 10.4. The van der Waals surface area contributed by atoms with Crippen LogP contribution in [-0.2, 0) is 0 Å². The van der Waals surface area contributed by atoms with Crippen molar-refractivity contribution in [3.63, 3.8) is 0 Å². The van der Waals surface area contributed by atoms with E-state index in [4.69, 9.17) is 0 Å². The first-order valence-corrected chi connectivity index (χ1v) is 12.3. The first-order valence-electron chi connectivity index (χ1n) is 12.3. The topological polar surface area (TPSA) is 145 Å². The largest absolute Gasteiger partial charge is 0.348 e. The molecule has 11 nitrogen and oxygen atoms in total. The highest BCUT2D eigenvalue weighted by molar-refractivity contribution is 6.11. The molecule has 4 aromatic rings. The van der Waals surface area contributed by atoms with E-state index < -0.39 is 5.91 Å². The molecule has 4 amide bonds. The number of hydrogen-bond acceptors (Lipinski definition) is 6. The SMILES string of the molecule is CCC(CC)NC(=O)c1ccc(NC(=O)c2n[nH]c3ccc(-c4cncc(NC(=O)N(C)C)c4)cc23)cn1. The lowest BCUT2D eigenvalue weighted by atomic mass is 10.0. The van der Waals surface area contributed by atoms with Crippen molar-refractivity contribution in [3.8, 4) is 11.1 Å². The first-order chi connectivity index (χ1) is 18.3. The number of H-pyrrole nitrogens is 1. The summed E-state index contributed by atoms with van der Waals surface area (Å²) < 4.78 is 0. The van der Waals surface area contributed by atoms with Crippen LogP contribution in [0, 0.1) is 0 Å². The van der Waals surface area contributed by atoms with Crippen LogP contribution in [-0.4, -0.2) is 63.0 Å². The summed E-state index contributed by atoms with van der Waals surface area (Å²) in [4.78, 5) is 47.3. The van der Waals surface area contributed by atoms with E-state index in [0.29, 0.717) is 22.3 Å². The van der Waals surface area contributed by atoms with Crippen LogP contribution in [0.3, 0.4) is 0 Å². The van der Waals surface area contributed by atoms with Crippen molar-refractivity contribution in [2.75, 3.05) is 24.7 Å². The van der Waals surface area contributed by atoms with Gasteiger partial charge in [-0.15, -0.1) is 0 Å². The molecule has 4 N–H and O–H groups in total. The molecule has 0 aliphatic heterocycles. The molecule has 3 heterocycles. The zero-order valence-electron chi connectivity index (χ0n) is 21.7. The van der Waals surface area contributed by atoms with E-state index >= 15 is 0 Å². The van der Waals surface area contributed by atoms with E-state index in [1.54, 1.807) is 38.6 Å².